The number of rotatable bonds is 2. The third-order valence-electron chi connectivity index (χ3n) is 6.02. The van der Waals surface area contributed by atoms with Gasteiger partial charge in [-0.2, -0.15) is 0 Å². The number of para-hydroxylation sites is 2. The second-order valence-corrected chi connectivity index (χ2v) is 8.60. The van der Waals surface area contributed by atoms with Gasteiger partial charge in [-0.3, -0.25) is 4.79 Å². The van der Waals surface area contributed by atoms with E-state index in [-0.39, 0.29) is 11.9 Å². The zero-order chi connectivity index (χ0) is 22.9. The summed E-state index contributed by atoms with van der Waals surface area (Å²) in [5.41, 5.74) is 2.29. The van der Waals surface area contributed by atoms with Crippen LogP contribution >= 0.6 is 11.6 Å². The van der Waals surface area contributed by atoms with Gasteiger partial charge in [-0.25, -0.2) is 4.99 Å². The molecule has 6 nitrogen and oxygen atoms in total. The number of fused-ring (bicyclic) bond motifs is 2. The minimum absolute atomic E-state index is 0.00176. The maximum absolute atomic E-state index is 13.1. The van der Waals surface area contributed by atoms with Crippen LogP contribution in [0.5, 0.6) is 17.2 Å². The first kappa shape index (κ1) is 21.3. The Morgan fingerprint density at radius 3 is 2.61 bits per heavy atom. The lowest BCUT2D eigenvalue weighted by Crippen LogP contribution is -2.55. The minimum Gasteiger partial charge on any atom is -0.497 e. The fraction of sp³-hybridized carbons (Fsp3) is 0.231. The van der Waals surface area contributed by atoms with E-state index < -0.39 is 0 Å². The van der Waals surface area contributed by atoms with E-state index in [2.05, 4.69) is 11.8 Å². The Morgan fingerprint density at radius 1 is 1.06 bits per heavy atom. The van der Waals surface area contributed by atoms with Crippen LogP contribution in [-0.2, 0) is 0 Å². The van der Waals surface area contributed by atoms with Gasteiger partial charge in [0.25, 0.3) is 5.91 Å². The number of methoxy groups -OCH3 is 1. The highest BCUT2D eigenvalue weighted by molar-refractivity contribution is 6.30. The molecule has 1 fully saturated rings. The van der Waals surface area contributed by atoms with Crippen LogP contribution in [0.25, 0.3) is 0 Å². The number of halogens is 1. The van der Waals surface area contributed by atoms with Gasteiger partial charge in [0.2, 0.25) is 0 Å². The van der Waals surface area contributed by atoms with E-state index >= 15 is 0 Å². The van der Waals surface area contributed by atoms with Crippen molar-refractivity contribution in [2.75, 3.05) is 26.7 Å². The van der Waals surface area contributed by atoms with E-state index in [1.807, 2.05) is 47.4 Å². The van der Waals surface area contributed by atoms with Crippen LogP contribution < -0.4 is 9.47 Å². The lowest BCUT2D eigenvalue weighted by molar-refractivity contribution is 0.0581. The molecule has 0 spiro atoms. The summed E-state index contributed by atoms with van der Waals surface area (Å²) in [6, 6.07) is 20.5. The molecule has 0 aliphatic carbocycles. The average molecular weight is 462 g/mol. The third-order valence-corrected chi connectivity index (χ3v) is 6.27. The number of nitrogens with zero attached hydrogens (tertiary/aromatic N) is 3. The van der Waals surface area contributed by atoms with Crippen LogP contribution in [0.2, 0.25) is 5.02 Å². The highest BCUT2D eigenvalue weighted by Gasteiger charge is 2.32. The second kappa shape index (κ2) is 8.79. The first-order valence-electron chi connectivity index (χ1n) is 10.9. The molecule has 3 aromatic rings. The largest absolute Gasteiger partial charge is 0.497 e. The number of amidine groups is 1. The Hall–Kier alpha value is -3.51. The third kappa shape index (κ3) is 4.14. The van der Waals surface area contributed by atoms with Gasteiger partial charge in [-0.05, 0) is 61.5 Å². The predicted molar refractivity (Wildman–Crippen MR) is 129 cm³/mol. The van der Waals surface area contributed by atoms with E-state index in [4.69, 9.17) is 26.1 Å². The van der Waals surface area contributed by atoms with Gasteiger partial charge in [0, 0.05) is 36.3 Å². The fourth-order valence-corrected chi connectivity index (χ4v) is 4.41. The van der Waals surface area contributed by atoms with Crippen LogP contribution in [0, 0.1) is 0 Å². The molecule has 2 aliphatic rings. The van der Waals surface area contributed by atoms with Gasteiger partial charge in [-0.15, -0.1) is 0 Å². The Kier molecular flexibility index (Phi) is 5.68. The summed E-state index contributed by atoms with van der Waals surface area (Å²) in [7, 11) is 1.65. The number of carbonyl (C=O) groups excluding carboxylic acids is 1. The molecular weight excluding hydrogens is 438 g/mol. The normalized spacial score (nSPS) is 17.3. The van der Waals surface area contributed by atoms with Crippen molar-refractivity contribution in [3.05, 3.63) is 82.9 Å². The summed E-state index contributed by atoms with van der Waals surface area (Å²) in [5.74, 6) is 3.01. The summed E-state index contributed by atoms with van der Waals surface area (Å²) < 4.78 is 11.7. The van der Waals surface area contributed by atoms with Crippen molar-refractivity contribution < 1.29 is 14.3 Å². The van der Waals surface area contributed by atoms with Crippen LogP contribution in [-0.4, -0.2) is 54.3 Å². The zero-order valence-corrected chi connectivity index (χ0v) is 19.2. The van der Waals surface area contributed by atoms with E-state index in [1.165, 1.54) is 0 Å². The highest BCUT2D eigenvalue weighted by atomic mass is 35.5. The quantitative estimate of drug-likeness (QED) is 0.514. The number of piperazine rings is 1. The molecule has 33 heavy (non-hydrogen) atoms. The molecule has 1 atom stereocenters. The first-order valence-corrected chi connectivity index (χ1v) is 11.3. The topological polar surface area (TPSA) is 54.4 Å². The summed E-state index contributed by atoms with van der Waals surface area (Å²) in [6.45, 7) is 3.95. The molecule has 0 saturated carbocycles. The van der Waals surface area contributed by atoms with E-state index in [0.717, 1.165) is 28.6 Å². The molecule has 1 unspecified atom stereocenters. The van der Waals surface area contributed by atoms with E-state index in [0.29, 0.717) is 36.0 Å². The molecule has 0 radical (unpaired) electrons. The highest BCUT2D eigenvalue weighted by Crippen LogP contribution is 2.39. The number of carbonyl (C=O) groups is 1. The SMILES string of the molecule is COc1ccc2c(c1)C(N1CCN(C(=O)c3ccc(Cl)cc3)C(C)C1)=Nc1ccccc1O2. The maximum atomic E-state index is 13.1. The van der Waals surface area contributed by atoms with Crippen LogP contribution in [0.4, 0.5) is 5.69 Å². The van der Waals surface area contributed by atoms with E-state index in [9.17, 15) is 4.79 Å². The standard InChI is InChI=1S/C26H24ClN3O3/c1-17-16-29(13-14-30(17)26(31)18-7-9-19(27)10-8-18)25-21-15-20(32-2)11-12-23(21)33-24-6-4-3-5-22(24)28-25/h3-12,15,17H,13-14,16H2,1-2H3. The number of aliphatic imine (C=N–C) groups is 1. The van der Waals surface area contributed by atoms with Crippen molar-refractivity contribution in [2.24, 2.45) is 4.99 Å². The number of benzene rings is 3. The molecule has 0 N–H and O–H groups in total. The van der Waals surface area contributed by atoms with Crippen molar-refractivity contribution in [3.8, 4) is 17.2 Å². The van der Waals surface area contributed by atoms with E-state index in [1.54, 1.807) is 31.4 Å². The van der Waals surface area contributed by atoms with Crippen molar-refractivity contribution in [2.45, 2.75) is 13.0 Å². The smallest absolute Gasteiger partial charge is 0.254 e. The first-order chi connectivity index (χ1) is 16.0. The molecule has 0 aromatic heterocycles. The van der Waals surface area contributed by atoms with Crippen LogP contribution in [0.3, 0.4) is 0 Å². The van der Waals surface area contributed by atoms with Crippen molar-refractivity contribution in [1.29, 1.82) is 0 Å². The molecule has 7 heteroatoms. The number of ether oxygens (including phenoxy) is 2. The summed E-state index contributed by atoms with van der Waals surface area (Å²) in [4.78, 5) is 22.2. The summed E-state index contributed by atoms with van der Waals surface area (Å²) in [5, 5.41) is 0.618. The van der Waals surface area contributed by atoms with Crippen LogP contribution in [0.1, 0.15) is 22.8 Å². The fourth-order valence-electron chi connectivity index (χ4n) is 4.28. The van der Waals surface area contributed by atoms with Gasteiger partial charge in [0.05, 0.1) is 12.7 Å². The summed E-state index contributed by atoms with van der Waals surface area (Å²) in [6.07, 6.45) is 0. The number of hydrogen-bond donors (Lipinski definition) is 0. The Labute approximate surface area is 198 Å². The second-order valence-electron chi connectivity index (χ2n) is 8.17. The lowest BCUT2D eigenvalue weighted by atomic mass is 10.1. The van der Waals surface area contributed by atoms with Gasteiger partial charge < -0.3 is 19.3 Å². The van der Waals surface area contributed by atoms with Crippen molar-refractivity contribution in [3.63, 3.8) is 0 Å². The molecular formula is C26H24ClN3O3. The van der Waals surface area contributed by atoms with Crippen molar-refractivity contribution >= 4 is 29.0 Å². The van der Waals surface area contributed by atoms with Gasteiger partial charge in [0.1, 0.15) is 23.0 Å². The molecule has 168 valence electrons. The molecule has 3 aromatic carbocycles. The predicted octanol–water partition coefficient (Wildman–Crippen LogP) is 5.38. The molecule has 1 saturated heterocycles. The van der Waals surface area contributed by atoms with Gasteiger partial charge in [0.15, 0.2) is 5.75 Å². The van der Waals surface area contributed by atoms with Gasteiger partial charge in [-0.1, -0.05) is 23.7 Å². The molecule has 0 bridgehead atoms. The van der Waals surface area contributed by atoms with Crippen molar-refractivity contribution in [1.82, 2.24) is 9.80 Å². The average Bonchev–Trinajstić information content (AvgIpc) is 3.00. The molecule has 2 heterocycles. The zero-order valence-electron chi connectivity index (χ0n) is 18.5. The van der Waals surface area contributed by atoms with Crippen LogP contribution in [0.15, 0.2) is 71.7 Å². The minimum atomic E-state index is -0.00176. The molecule has 1 amide bonds. The summed E-state index contributed by atoms with van der Waals surface area (Å²) >= 11 is 5.98. The lowest BCUT2D eigenvalue weighted by Gasteiger charge is -2.41. The maximum Gasteiger partial charge on any atom is 0.254 e. The molecule has 5 rings (SSSR count). The number of amides is 1. The Bertz CT molecular complexity index is 1230. The Morgan fingerprint density at radius 2 is 1.85 bits per heavy atom. The molecule has 2 aliphatic heterocycles. The number of hydrogen-bond acceptors (Lipinski definition) is 5. The van der Waals surface area contributed by atoms with Gasteiger partial charge >= 0.3 is 0 Å². The Balaban J connectivity index is 1.46. The monoisotopic (exact) mass is 461 g/mol.